The fourth-order valence-corrected chi connectivity index (χ4v) is 4.03. The Hall–Kier alpha value is -1.50. The van der Waals surface area contributed by atoms with Crippen molar-refractivity contribution in [3.8, 4) is 0 Å². The average molecular weight is 387 g/mol. The summed E-state index contributed by atoms with van der Waals surface area (Å²) in [6.45, 7) is 13.9. The number of methoxy groups -OCH3 is 1. The van der Waals surface area contributed by atoms with Crippen LogP contribution >= 0.6 is 0 Å². The van der Waals surface area contributed by atoms with Crippen molar-refractivity contribution >= 4 is 12.2 Å². The molecule has 0 bridgehead atoms. The van der Waals surface area contributed by atoms with Crippen molar-refractivity contribution in [2.75, 3.05) is 26.9 Å². The molecule has 0 aliphatic heterocycles. The Kier molecular flexibility index (Phi) is 8.85. The number of nitrogens with one attached hydrogen (secondary N) is 2. The molecule has 0 spiro atoms. The summed E-state index contributed by atoms with van der Waals surface area (Å²) < 4.78 is 15.6. The average Bonchev–Trinajstić information content (AvgIpc) is 2.54. The van der Waals surface area contributed by atoms with Crippen molar-refractivity contribution < 1.29 is 23.8 Å². The molecule has 0 aromatic rings. The number of alkyl carbamates (subject to hydrolysis) is 2. The standard InChI is InChI=1S/C20H38N2O5/c1-14(2)10-26-15(3)11-27-17(23)21-13-20(6)9-16(22-18(24)25-7)8-19(4,5)12-20/h14-16H,8-13H2,1-7H3,(H,21,23)(H,22,24). The van der Waals surface area contributed by atoms with Crippen molar-refractivity contribution in [3.63, 3.8) is 0 Å². The number of rotatable bonds is 8. The van der Waals surface area contributed by atoms with E-state index in [2.05, 4.69) is 45.3 Å². The molecule has 7 heteroatoms. The maximum Gasteiger partial charge on any atom is 0.407 e. The quantitative estimate of drug-likeness (QED) is 0.664. The Morgan fingerprint density at radius 3 is 2.33 bits per heavy atom. The second-order valence-electron chi connectivity index (χ2n) is 9.38. The first-order valence-corrected chi connectivity index (χ1v) is 9.81. The predicted molar refractivity (Wildman–Crippen MR) is 105 cm³/mol. The molecule has 2 amide bonds. The molecule has 1 aliphatic rings. The van der Waals surface area contributed by atoms with E-state index >= 15 is 0 Å². The lowest BCUT2D eigenvalue weighted by atomic mass is 9.62. The van der Waals surface area contributed by atoms with Gasteiger partial charge in [0.25, 0.3) is 0 Å². The Morgan fingerprint density at radius 2 is 1.74 bits per heavy atom. The third-order valence-electron chi connectivity index (χ3n) is 4.77. The summed E-state index contributed by atoms with van der Waals surface area (Å²) in [5.74, 6) is 0.447. The first-order valence-electron chi connectivity index (χ1n) is 9.81. The van der Waals surface area contributed by atoms with Gasteiger partial charge < -0.3 is 24.8 Å². The fourth-order valence-electron chi connectivity index (χ4n) is 4.03. The van der Waals surface area contributed by atoms with Gasteiger partial charge >= 0.3 is 12.2 Å². The molecule has 3 atom stereocenters. The maximum atomic E-state index is 12.1. The van der Waals surface area contributed by atoms with Gasteiger partial charge in [-0.1, -0.05) is 34.6 Å². The summed E-state index contributed by atoms with van der Waals surface area (Å²) in [4.78, 5) is 23.6. The van der Waals surface area contributed by atoms with Crippen molar-refractivity contribution in [1.29, 1.82) is 0 Å². The van der Waals surface area contributed by atoms with E-state index in [9.17, 15) is 9.59 Å². The summed E-state index contributed by atoms with van der Waals surface area (Å²) in [5.41, 5.74) is -0.0737. The van der Waals surface area contributed by atoms with Crippen LogP contribution in [0.2, 0.25) is 0 Å². The van der Waals surface area contributed by atoms with E-state index < -0.39 is 12.2 Å². The van der Waals surface area contributed by atoms with Gasteiger partial charge in [-0.3, -0.25) is 0 Å². The van der Waals surface area contributed by atoms with Crippen molar-refractivity contribution in [2.45, 2.75) is 73.0 Å². The first-order chi connectivity index (χ1) is 12.4. The number of amides is 2. The molecule has 0 aromatic carbocycles. The fraction of sp³-hybridized carbons (Fsp3) is 0.900. The van der Waals surface area contributed by atoms with Gasteiger partial charge in [-0.15, -0.1) is 0 Å². The Labute approximate surface area is 163 Å². The van der Waals surface area contributed by atoms with E-state index in [1.165, 1.54) is 7.11 Å². The third kappa shape index (κ3) is 9.31. The van der Waals surface area contributed by atoms with Gasteiger partial charge in [0.1, 0.15) is 6.61 Å². The highest BCUT2D eigenvalue weighted by atomic mass is 16.6. The van der Waals surface area contributed by atoms with Crippen LogP contribution in [0.25, 0.3) is 0 Å². The van der Waals surface area contributed by atoms with Gasteiger partial charge in [-0.05, 0) is 42.9 Å². The topological polar surface area (TPSA) is 85.9 Å². The molecule has 2 N–H and O–H groups in total. The number of hydrogen-bond donors (Lipinski definition) is 2. The van der Waals surface area contributed by atoms with Crippen molar-refractivity contribution in [1.82, 2.24) is 10.6 Å². The second-order valence-corrected chi connectivity index (χ2v) is 9.38. The summed E-state index contributed by atoms with van der Waals surface area (Å²) in [5, 5.41) is 5.79. The van der Waals surface area contributed by atoms with E-state index in [1.807, 2.05) is 6.92 Å². The van der Waals surface area contributed by atoms with Crippen LogP contribution in [0.1, 0.15) is 60.8 Å². The molecule has 27 heavy (non-hydrogen) atoms. The number of carbonyl (C=O) groups is 2. The number of carbonyl (C=O) groups excluding carboxylic acids is 2. The molecule has 1 rings (SSSR count). The zero-order valence-electron chi connectivity index (χ0n) is 18.0. The Morgan fingerprint density at radius 1 is 1.07 bits per heavy atom. The Bertz CT molecular complexity index is 495. The largest absolute Gasteiger partial charge is 0.453 e. The maximum absolute atomic E-state index is 12.1. The molecule has 158 valence electrons. The van der Waals surface area contributed by atoms with E-state index in [4.69, 9.17) is 14.2 Å². The Balaban J connectivity index is 2.48. The normalized spacial score (nSPS) is 25.6. The summed E-state index contributed by atoms with van der Waals surface area (Å²) in [6, 6.07) is 0.0217. The van der Waals surface area contributed by atoms with Gasteiger partial charge in [0, 0.05) is 19.2 Å². The monoisotopic (exact) mass is 386 g/mol. The summed E-state index contributed by atoms with van der Waals surface area (Å²) in [7, 11) is 1.37. The van der Waals surface area contributed by atoms with Gasteiger partial charge in [-0.25, -0.2) is 9.59 Å². The van der Waals surface area contributed by atoms with Crippen LogP contribution in [0.5, 0.6) is 0 Å². The molecule has 0 aromatic heterocycles. The van der Waals surface area contributed by atoms with E-state index in [1.54, 1.807) is 0 Å². The van der Waals surface area contributed by atoms with E-state index in [-0.39, 0.29) is 29.6 Å². The predicted octanol–water partition coefficient (Wildman–Crippen LogP) is 3.71. The van der Waals surface area contributed by atoms with Gasteiger partial charge in [-0.2, -0.15) is 0 Å². The van der Waals surface area contributed by atoms with Crippen LogP contribution < -0.4 is 10.6 Å². The smallest absolute Gasteiger partial charge is 0.407 e. The van der Waals surface area contributed by atoms with Gasteiger partial charge in [0.2, 0.25) is 0 Å². The van der Waals surface area contributed by atoms with Crippen molar-refractivity contribution in [2.24, 2.45) is 16.7 Å². The van der Waals surface area contributed by atoms with Crippen LogP contribution in [0.4, 0.5) is 9.59 Å². The van der Waals surface area contributed by atoms with Crippen molar-refractivity contribution in [3.05, 3.63) is 0 Å². The highest BCUT2D eigenvalue weighted by Crippen LogP contribution is 2.45. The zero-order valence-corrected chi connectivity index (χ0v) is 18.0. The lowest BCUT2D eigenvalue weighted by Gasteiger charge is -2.46. The van der Waals surface area contributed by atoms with E-state index in [0.29, 0.717) is 19.1 Å². The summed E-state index contributed by atoms with van der Waals surface area (Å²) >= 11 is 0. The van der Waals surface area contributed by atoms with Crippen LogP contribution in [0.15, 0.2) is 0 Å². The zero-order chi connectivity index (χ0) is 20.7. The van der Waals surface area contributed by atoms with Crippen LogP contribution in [-0.2, 0) is 14.2 Å². The lowest BCUT2D eigenvalue weighted by molar-refractivity contribution is 0.00287. The van der Waals surface area contributed by atoms with Crippen LogP contribution in [0.3, 0.4) is 0 Å². The molecule has 0 radical (unpaired) electrons. The van der Waals surface area contributed by atoms with Crippen LogP contribution in [-0.4, -0.2) is 51.2 Å². The minimum absolute atomic E-state index is 0.0217. The first kappa shape index (κ1) is 23.5. The molecule has 3 unspecified atom stereocenters. The highest BCUT2D eigenvalue weighted by Gasteiger charge is 2.42. The number of ether oxygens (including phenoxy) is 3. The molecule has 7 nitrogen and oxygen atoms in total. The lowest BCUT2D eigenvalue weighted by Crippen LogP contribution is -2.50. The minimum atomic E-state index is -0.433. The van der Waals surface area contributed by atoms with Crippen LogP contribution in [0, 0.1) is 16.7 Å². The molecule has 0 saturated heterocycles. The molecular formula is C20H38N2O5. The highest BCUT2D eigenvalue weighted by molar-refractivity contribution is 5.67. The SMILES string of the molecule is COC(=O)NC1CC(C)(C)CC(C)(CNC(=O)OCC(C)OCC(C)C)C1. The summed E-state index contributed by atoms with van der Waals surface area (Å²) in [6.07, 6.45) is 1.64. The molecule has 0 heterocycles. The minimum Gasteiger partial charge on any atom is -0.453 e. The number of hydrogen-bond acceptors (Lipinski definition) is 5. The van der Waals surface area contributed by atoms with Gasteiger partial charge in [0.15, 0.2) is 0 Å². The molecule has 1 fully saturated rings. The molecular weight excluding hydrogens is 348 g/mol. The second kappa shape index (κ2) is 10.2. The van der Waals surface area contributed by atoms with E-state index in [0.717, 1.165) is 19.3 Å². The molecule has 1 saturated carbocycles. The molecule has 1 aliphatic carbocycles. The third-order valence-corrected chi connectivity index (χ3v) is 4.77. The van der Waals surface area contributed by atoms with Gasteiger partial charge in [0.05, 0.1) is 13.2 Å².